The van der Waals surface area contributed by atoms with Gasteiger partial charge in [0.1, 0.15) is 6.61 Å². The first-order chi connectivity index (χ1) is 9.58. The van der Waals surface area contributed by atoms with E-state index in [1.165, 1.54) is 0 Å². The molecule has 0 spiro atoms. The van der Waals surface area contributed by atoms with Gasteiger partial charge in [-0.2, -0.15) is 0 Å². The minimum Gasteiger partial charge on any atom is -0.513 e. The summed E-state index contributed by atoms with van der Waals surface area (Å²) < 4.78 is 5.34. The Balaban J connectivity index is 1.91. The maximum atomic E-state index is 12.1. The summed E-state index contributed by atoms with van der Waals surface area (Å²) in [5.74, 6) is 0.105. The van der Waals surface area contributed by atoms with Crippen LogP contribution in [0.5, 0.6) is 0 Å². The number of hydrogen-bond acceptors (Lipinski definition) is 3. The lowest BCUT2D eigenvalue weighted by Gasteiger charge is -2.36. The molecule has 1 aromatic rings. The lowest BCUT2D eigenvalue weighted by atomic mass is 9.93. The molecule has 4 heteroatoms. The highest BCUT2D eigenvalue weighted by atomic mass is 16.6. The molecule has 1 aliphatic heterocycles. The van der Waals surface area contributed by atoms with Gasteiger partial charge >= 0.3 is 6.09 Å². The van der Waals surface area contributed by atoms with Crippen LogP contribution < -0.4 is 0 Å². The third kappa shape index (κ3) is 3.53. The van der Waals surface area contributed by atoms with Crippen molar-refractivity contribution in [1.29, 1.82) is 0 Å². The van der Waals surface area contributed by atoms with E-state index in [9.17, 15) is 9.90 Å². The number of benzene rings is 1. The number of rotatable bonds is 3. The molecule has 2 unspecified atom stereocenters. The van der Waals surface area contributed by atoms with Gasteiger partial charge in [-0.05, 0) is 25.3 Å². The highest BCUT2D eigenvalue weighted by Gasteiger charge is 2.31. The van der Waals surface area contributed by atoms with E-state index in [2.05, 4.69) is 6.58 Å². The van der Waals surface area contributed by atoms with Crippen molar-refractivity contribution in [3.63, 3.8) is 0 Å². The Bertz CT molecular complexity index is 472. The van der Waals surface area contributed by atoms with Gasteiger partial charge in [-0.3, -0.25) is 0 Å². The average Bonchev–Trinajstić information content (AvgIpc) is 2.46. The zero-order chi connectivity index (χ0) is 14.5. The van der Waals surface area contributed by atoms with E-state index in [1.807, 2.05) is 37.3 Å². The van der Waals surface area contributed by atoms with Gasteiger partial charge in [0.25, 0.3) is 0 Å². The van der Waals surface area contributed by atoms with Crippen LogP contribution in [0.15, 0.2) is 42.7 Å². The second-order valence-electron chi connectivity index (χ2n) is 5.31. The van der Waals surface area contributed by atoms with E-state index < -0.39 is 0 Å². The van der Waals surface area contributed by atoms with Crippen molar-refractivity contribution >= 4 is 6.09 Å². The number of aliphatic hydroxyl groups excluding tert-OH is 1. The molecule has 1 fully saturated rings. The van der Waals surface area contributed by atoms with Gasteiger partial charge in [-0.25, -0.2) is 4.79 Å². The van der Waals surface area contributed by atoms with Crippen molar-refractivity contribution in [1.82, 2.24) is 4.90 Å². The fourth-order valence-electron chi connectivity index (χ4n) is 2.44. The van der Waals surface area contributed by atoms with Crippen molar-refractivity contribution in [3.8, 4) is 0 Å². The summed E-state index contributed by atoms with van der Waals surface area (Å²) >= 11 is 0. The molecular weight excluding hydrogens is 254 g/mol. The fraction of sp³-hybridized carbons (Fsp3) is 0.438. The van der Waals surface area contributed by atoms with Crippen LogP contribution in [0.3, 0.4) is 0 Å². The molecule has 2 atom stereocenters. The number of likely N-dealkylation sites (tertiary alicyclic amines) is 1. The zero-order valence-electron chi connectivity index (χ0n) is 11.8. The Morgan fingerprint density at radius 1 is 1.40 bits per heavy atom. The molecule has 1 amide bonds. The standard InChI is InChI=1S/C16H21NO3/c1-12-8-9-15(13(2)18)10-17(12)16(19)20-11-14-6-4-3-5-7-14/h3-7,12,15,18H,2,8-11H2,1H3. The minimum absolute atomic E-state index is 0.0459. The van der Waals surface area contributed by atoms with Crippen molar-refractivity contribution in [3.05, 3.63) is 48.2 Å². The summed E-state index contributed by atoms with van der Waals surface area (Å²) in [6, 6.07) is 9.73. The summed E-state index contributed by atoms with van der Waals surface area (Å²) in [6.45, 7) is 6.32. The maximum absolute atomic E-state index is 12.1. The summed E-state index contributed by atoms with van der Waals surface area (Å²) in [5, 5.41) is 9.50. The van der Waals surface area contributed by atoms with Crippen molar-refractivity contribution in [2.45, 2.75) is 32.4 Å². The fourth-order valence-corrected chi connectivity index (χ4v) is 2.44. The first kappa shape index (κ1) is 14.4. The Morgan fingerprint density at radius 2 is 2.10 bits per heavy atom. The van der Waals surface area contributed by atoms with Crippen LogP contribution in [0.25, 0.3) is 0 Å². The van der Waals surface area contributed by atoms with Crippen molar-refractivity contribution < 1.29 is 14.6 Å². The average molecular weight is 275 g/mol. The number of ether oxygens (including phenoxy) is 1. The van der Waals surface area contributed by atoms with E-state index in [0.29, 0.717) is 6.54 Å². The smallest absolute Gasteiger partial charge is 0.410 e. The van der Waals surface area contributed by atoms with E-state index in [-0.39, 0.29) is 30.4 Å². The van der Waals surface area contributed by atoms with Gasteiger partial charge in [-0.1, -0.05) is 36.9 Å². The van der Waals surface area contributed by atoms with Gasteiger partial charge in [-0.15, -0.1) is 0 Å². The largest absolute Gasteiger partial charge is 0.513 e. The molecule has 4 nitrogen and oxygen atoms in total. The molecule has 2 rings (SSSR count). The third-order valence-corrected chi connectivity index (χ3v) is 3.79. The predicted octanol–water partition coefficient (Wildman–Crippen LogP) is 3.50. The quantitative estimate of drug-likeness (QED) is 0.859. The molecule has 0 aliphatic carbocycles. The highest BCUT2D eigenvalue weighted by Crippen LogP contribution is 2.26. The topological polar surface area (TPSA) is 49.8 Å². The zero-order valence-corrected chi connectivity index (χ0v) is 11.8. The summed E-state index contributed by atoms with van der Waals surface area (Å²) in [5.41, 5.74) is 0.966. The second-order valence-corrected chi connectivity index (χ2v) is 5.31. The number of amides is 1. The van der Waals surface area contributed by atoms with Gasteiger partial charge in [0.15, 0.2) is 0 Å². The molecule has 1 saturated heterocycles. The van der Waals surface area contributed by atoms with Gasteiger partial charge in [0, 0.05) is 18.5 Å². The number of carbonyl (C=O) groups excluding carboxylic acids is 1. The van der Waals surface area contributed by atoms with Crippen molar-refractivity contribution in [2.75, 3.05) is 6.54 Å². The Hall–Kier alpha value is -1.97. The molecule has 0 aromatic heterocycles. The molecule has 1 aliphatic rings. The van der Waals surface area contributed by atoms with Crippen molar-refractivity contribution in [2.24, 2.45) is 5.92 Å². The van der Waals surface area contributed by atoms with Crippen LogP contribution in [-0.2, 0) is 11.3 Å². The molecule has 108 valence electrons. The number of nitrogens with zero attached hydrogens (tertiary/aromatic N) is 1. The summed E-state index contributed by atoms with van der Waals surface area (Å²) in [4.78, 5) is 13.8. The molecule has 1 heterocycles. The maximum Gasteiger partial charge on any atom is 0.410 e. The van der Waals surface area contributed by atoms with E-state index in [4.69, 9.17) is 4.74 Å². The molecular formula is C16H21NO3. The minimum atomic E-state index is -0.327. The van der Waals surface area contributed by atoms with Crippen LogP contribution in [0.1, 0.15) is 25.3 Å². The second kappa shape index (κ2) is 6.46. The molecule has 0 saturated carbocycles. The molecule has 1 N–H and O–H groups in total. The van der Waals surface area contributed by atoms with E-state index >= 15 is 0 Å². The lowest BCUT2D eigenvalue weighted by molar-refractivity contribution is 0.0582. The number of aliphatic hydroxyl groups is 1. The van der Waals surface area contributed by atoms with Gasteiger partial charge < -0.3 is 14.7 Å². The first-order valence-electron chi connectivity index (χ1n) is 6.93. The summed E-state index contributed by atoms with van der Waals surface area (Å²) in [7, 11) is 0. The number of carbonyl (C=O) groups is 1. The molecule has 0 bridgehead atoms. The Kier molecular flexibility index (Phi) is 4.66. The molecule has 20 heavy (non-hydrogen) atoms. The van der Waals surface area contributed by atoms with Crippen LogP contribution in [0.4, 0.5) is 4.79 Å². The van der Waals surface area contributed by atoms with Crippen LogP contribution in [0.2, 0.25) is 0 Å². The van der Waals surface area contributed by atoms with Crippen LogP contribution >= 0.6 is 0 Å². The Morgan fingerprint density at radius 3 is 2.75 bits per heavy atom. The lowest BCUT2D eigenvalue weighted by Crippen LogP contribution is -2.46. The highest BCUT2D eigenvalue weighted by molar-refractivity contribution is 5.68. The Labute approximate surface area is 119 Å². The summed E-state index contributed by atoms with van der Waals surface area (Å²) in [6.07, 6.45) is 1.39. The number of piperidine rings is 1. The van der Waals surface area contributed by atoms with Crippen LogP contribution in [-0.4, -0.2) is 28.7 Å². The first-order valence-corrected chi connectivity index (χ1v) is 6.93. The van der Waals surface area contributed by atoms with Gasteiger partial charge in [0.2, 0.25) is 0 Å². The molecule has 1 aromatic carbocycles. The van der Waals surface area contributed by atoms with Gasteiger partial charge in [0.05, 0.1) is 5.76 Å². The third-order valence-electron chi connectivity index (χ3n) is 3.79. The van der Waals surface area contributed by atoms with Crippen LogP contribution in [0, 0.1) is 5.92 Å². The van der Waals surface area contributed by atoms with E-state index in [0.717, 1.165) is 18.4 Å². The van der Waals surface area contributed by atoms with E-state index in [1.54, 1.807) is 4.90 Å². The predicted molar refractivity (Wildman–Crippen MR) is 77.3 cm³/mol. The SMILES string of the molecule is C=C(O)C1CCC(C)N(C(=O)OCc2ccccc2)C1. The monoisotopic (exact) mass is 275 g/mol. The number of hydrogen-bond donors (Lipinski definition) is 1. The normalized spacial score (nSPS) is 22.4. The molecule has 0 radical (unpaired) electrons.